The molecule has 1 nitrogen and oxygen atoms in total. The fraction of sp³-hybridized carbons (Fsp3) is 1.00. The third-order valence-corrected chi connectivity index (χ3v) is 3.63. The van der Waals surface area contributed by atoms with E-state index in [0.717, 1.165) is 6.42 Å². The Morgan fingerprint density at radius 3 is 2.38 bits per heavy atom. The van der Waals surface area contributed by atoms with E-state index in [1.165, 1.54) is 44.9 Å². The van der Waals surface area contributed by atoms with Gasteiger partial charge in [0.25, 0.3) is 0 Å². The van der Waals surface area contributed by atoms with Crippen molar-refractivity contribution in [1.29, 1.82) is 0 Å². The molecular weight excluding hydrogens is 160 g/mol. The van der Waals surface area contributed by atoms with E-state index in [9.17, 15) is 5.11 Å². The van der Waals surface area contributed by atoms with Gasteiger partial charge in [0.1, 0.15) is 0 Å². The van der Waals surface area contributed by atoms with Crippen molar-refractivity contribution in [2.45, 2.75) is 71.3 Å². The molecule has 0 amide bonds. The number of rotatable bonds is 5. The van der Waals surface area contributed by atoms with E-state index in [0.29, 0.717) is 0 Å². The van der Waals surface area contributed by atoms with Crippen LogP contribution in [0, 0.1) is 5.41 Å². The summed E-state index contributed by atoms with van der Waals surface area (Å²) in [5.74, 6) is 0. The molecule has 0 aromatic rings. The second-order valence-corrected chi connectivity index (χ2v) is 4.87. The molecule has 1 unspecified atom stereocenters. The minimum Gasteiger partial charge on any atom is -0.393 e. The summed E-state index contributed by atoms with van der Waals surface area (Å²) >= 11 is 0. The fourth-order valence-electron chi connectivity index (χ4n) is 2.45. The average Bonchev–Trinajstić information content (AvgIpc) is 2.54. The Balaban J connectivity index is 2.24. The Kier molecular flexibility index (Phi) is 4.24. The van der Waals surface area contributed by atoms with Crippen LogP contribution in [0.5, 0.6) is 0 Å². The highest BCUT2D eigenvalue weighted by atomic mass is 16.3. The van der Waals surface area contributed by atoms with Crippen LogP contribution in [-0.2, 0) is 0 Å². The summed E-state index contributed by atoms with van der Waals surface area (Å²) < 4.78 is 0. The first-order valence-corrected chi connectivity index (χ1v) is 5.87. The topological polar surface area (TPSA) is 20.2 Å². The maximum atomic E-state index is 10.0. The lowest BCUT2D eigenvalue weighted by molar-refractivity contribution is 0.0331. The number of hydrogen-bond donors (Lipinski definition) is 1. The molecule has 1 heteroatoms. The summed E-state index contributed by atoms with van der Waals surface area (Å²) in [5.41, 5.74) is 0.258. The van der Waals surface area contributed by atoms with Crippen molar-refractivity contribution in [3.05, 3.63) is 0 Å². The Morgan fingerprint density at radius 2 is 1.85 bits per heavy atom. The van der Waals surface area contributed by atoms with Crippen LogP contribution in [0.15, 0.2) is 0 Å². The quantitative estimate of drug-likeness (QED) is 0.648. The zero-order chi connectivity index (χ0) is 9.73. The smallest absolute Gasteiger partial charge is 0.0593 e. The van der Waals surface area contributed by atoms with E-state index >= 15 is 0 Å². The normalized spacial score (nSPS) is 23.3. The van der Waals surface area contributed by atoms with Gasteiger partial charge in [0.15, 0.2) is 0 Å². The van der Waals surface area contributed by atoms with E-state index in [1.54, 1.807) is 0 Å². The lowest BCUT2D eigenvalue weighted by atomic mass is 9.80. The molecule has 1 saturated carbocycles. The fourth-order valence-corrected chi connectivity index (χ4v) is 2.45. The van der Waals surface area contributed by atoms with Gasteiger partial charge in [-0.3, -0.25) is 0 Å². The molecule has 0 heterocycles. The van der Waals surface area contributed by atoms with E-state index in [2.05, 4.69) is 13.8 Å². The van der Waals surface area contributed by atoms with Crippen LogP contribution >= 0.6 is 0 Å². The molecule has 1 aliphatic rings. The first kappa shape index (κ1) is 11.0. The molecule has 0 spiro atoms. The van der Waals surface area contributed by atoms with Crippen LogP contribution in [0.25, 0.3) is 0 Å². The monoisotopic (exact) mass is 184 g/mol. The van der Waals surface area contributed by atoms with Crippen molar-refractivity contribution in [3.63, 3.8) is 0 Å². The maximum absolute atomic E-state index is 10.0. The lowest BCUT2D eigenvalue weighted by Gasteiger charge is -2.29. The SMILES string of the molecule is CCCCCC(O)C1(C)CCCC1. The van der Waals surface area contributed by atoms with Gasteiger partial charge >= 0.3 is 0 Å². The molecule has 1 fully saturated rings. The molecule has 0 saturated heterocycles. The van der Waals surface area contributed by atoms with E-state index < -0.39 is 0 Å². The van der Waals surface area contributed by atoms with Crippen molar-refractivity contribution in [2.75, 3.05) is 0 Å². The molecule has 0 aromatic heterocycles. The first-order valence-electron chi connectivity index (χ1n) is 5.87. The third-order valence-electron chi connectivity index (χ3n) is 3.63. The lowest BCUT2D eigenvalue weighted by Crippen LogP contribution is -2.29. The van der Waals surface area contributed by atoms with Gasteiger partial charge in [-0.1, -0.05) is 46.0 Å². The second kappa shape index (κ2) is 4.99. The molecule has 78 valence electrons. The first-order chi connectivity index (χ1) is 6.19. The number of hydrogen-bond acceptors (Lipinski definition) is 1. The van der Waals surface area contributed by atoms with Gasteiger partial charge in [-0.2, -0.15) is 0 Å². The Labute approximate surface area is 82.5 Å². The number of unbranched alkanes of at least 4 members (excludes halogenated alkanes) is 2. The molecule has 0 radical (unpaired) electrons. The molecule has 0 aliphatic heterocycles. The summed E-state index contributed by atoms with van der Waals surface area (Å²) in [5, 5.41) is 10.0. The van der Waals surface area contributed by atoms with E-state index in [-0.39, 0.29) is 11.5 Å². The van der Waals surface area contributed by atoms with Crippen molar-refractivity contribution in [3.8, 4) is 0 Å². The molecule has 1 aliphatic carbocycles. The van der Waals surface area contributed by atoms with E-state index in [4.69, 9.17) is 0 Å². The standard InChI is InChI=1S/C12H24O/c1-3-4-5-8-11(13)12(2)9-6-7-10-12/h11,13H,3-10H2,1-2H3. The minimum atomic E-state index is -0.0402. The molecular formula is C12H24O. The molecule has 1 N–H and O–H groups in total. The summed E-state index contributed by atoms with van der Waals surface area (Å²) in [6, 6.07) is 0. The largest absolute Gasteiger partial charge is 0.393 e. The van der Waals surface area contributed by atoms with Crippen molar-refractivity contribution < 1.29 is 5.11 Å². The third kappa shape index (κ3) is 2.98. The number of aliphatic hydroxyl groups is 1. The Hall–Kier alpha value is -0.0400. The highest BCUT2D eigenvalue weighted by Crippen LogP contribution is 2.41. The van der Waals surface area contributed by atoms with Crippen LogP contribution in [0.2, 0.25) is 0 Å². The minimum absolute atomic E-state index is 0.0402. The zero-order valence-corrected chi connectivity index (χ0v) is 9.18. The summed E-state index contributed by atoms with van der Waals surface area (Å²) in [6.45, 7) is 4.47. The highest BCUT2D eigenvalue weighted by Gasteiger charge is 2.35. The van der Waals surface area contributed by atoms with Gasteiger partial charge in [-0.15, -0.1) is 0 Å². The summed E-state index contributed by atoms with van der Waals surface area (Å²) in [4.78, 5) is 0. The van der Waals surface area contributed by atoms with Gasteiger partial charge < -0.3 is 5.11 Å². The van der Waals surface area contributed by atoms with Gasteiger partial charge in [-0.05, 0) is 24.7 Å². The van der Waals surface area contributed by atoms with Crippen molar-refractivity contribution in [1.82, 2.24) is 0 Å². The second-order valence-electron chi connectivity index (χ2n) is 4.87. The molecule has 0 bridgehead atoms. The number of aliphatic hydroxyl groups excluding tert-OH is 1. The predicted octanol–water partition coefficient (Wildman–Crippen LogP) is 3.51. The van der Waals surface area contributed by atoms with Gasteiger partial charge in [-0.25, -0.2) is 0 Å². The van der Waals surface area contributed by atoms with Crippen LogP contribution < -0.4 is 0 Å². The summed E-state index contributed by atoms with van der Waals surface area (Å²) in [6.07, 6.45) is 9.82. The highest BCUT2D eigenvalue weighted by molar-refractivity contribution is 4.86. The van der Waals surface area contributed by atoms with Crippen molar-refractivity contribution >= 4 is 0 Å². The van der Waals surface area contributed by atoms with Gasteiger partial charge in [0.05, 0.1) is 6.10 Å². The molecule has 0 aromatic carbocycles. The molecule has 1 atom stereocenters. The van der Waals surface area contributed by atoms with Crippen LogP contribution in [0.1, 0.15) is 65.2 Å². The summed E-state index contributed by atoms with van der Waals surface area (Å²) in [7, 11) is 0. The van der Waals surface area contributed by atoms with Gasteiger partial charge in [0, 0.05) is 0 Å². The average molecular weight is 184 g/mol. The van der Waals surface area contributed by atoms with Crippen LogP contribution in [0.4, 0.5) is 0 Å². The van der Waals surface area contributed by atoms with Crippen LogP contribution in [0.3, 0.4) is 0 Å². The molecule has 1 rings (SSSR count). The Morgan fingerprint density at radius 1 is 1.23 bits per heavy atom. The van der Waals surface area contributed by atoms with Gasteiger partial charge in [0.2, 0.25) is 0 Å². The maximum Gasteiger partial charge on any atom is 0.0593 e. The Bertz CT molecular complexity index is 136. The predicted molar refractivity (Wildman–Crippen MR) is 56.7 cm³/mol. The molecule has 13 heavy (non-hydrogen) atoms. The van der Waals surface area contributed by atoms with E-state index in [1.807, 2.05) is 0 Å². The van der Waals surface area contributed by atoms with Crippen molar-refractivity contribution in [2.24, 2.45) is 5.41 Å². The zero-order valence-electron chi connectivity index (χ0n) is 9.18. The van der Waals surface area contributed by atoms with Crippen LogP contribution in [-0.4, -0.2) is 11.2 Å².